The Morgan fingerprint density at radius 1 is 1.15 bits per heavy atom. The van der Waals surface area contributed by atoms with E-state index < -0.39 is 6.04 Å². The number of nitrogens with zero attached hydrogens (tertiary/aromatic N) is 5. The van der Waals surface area contributed by atoms with Crippen LogP contribution >= 0.6 is 0 Å². The van der Waals surface area contributed by atoms with Crippen molar-refractivity contribution in [1.29, 1.82) is 5.26 Å². The molecular weight excluding hydrogens is 492 g/mol. The van der Waals surface area contributed by atoms with Crippen molar-refractivity contribution >= 4 is 29.3 Å². The first-order valence-electron chi connectivity index (χ1n) is 13.5. The van der Waals surface area contributed by atoms with Crippen LogP contribution in [0.1, 0.15) is 43.7 Å². The van der Waals surface area contributed by atoms with Crippen LogP contribution in [0.2, 0.25) is 0 Å². The minimum absolute atomic E-state index is 0.107. The van der Waals surface area contributed by atoms with E-state index in [-0.39, 0.29) is 17.9 Å². The van der Waals surface area contributed by atoms with Gasteiger partial charge in [0.1, 0.15) is 11.9 Å². The Morgan fingerprint density at radius 2 is 1.87 bits per heavy atom. The lowest BCUT2D eigenvalue weighted by atomic mass is 9.76. The van der Waals surface area contributed by atoms with Crippen molar-refractivity contribution in [2.45, 2.75) is 57.2 Å². The van der Waals surface area contributed by atoms with Gasteiger partial charge in [-0.3, -0.25) is 9.59 Å². The van der Waals surface area contributed by atoms with Crippen LogP contribution in [-0.4, -0.2) is 77.4 Å². The molecular formula is C29H38N8O2. The molecule has 206 valence electrons. The van der Waals surface area contributed by atoms with Crippen LogP contribution in [-0.2, 0) is 16.0 Å². The average Bonchev–Trinajstić information content (AvgIpc) is 3.71. The number of carbonyl (C=O) groups excluding carboxylic acids is 2. The zero-order valence-electron chi connectivity index (χ0n) is 23.1. The van der Waals surface area contributed by atoms with Gasteiger partial charge < -0.3 is 25.8 Å². The molecule has 0 unspecified atom stereocenters. The van der Waals surface area contributed by atoms with Crippen molar-refractivity contribution in [3.63, 3.8) is 0 Å². The van der Waals surface area contributed by atoms with E-state index in [1.165, 1.54) is 11.0 Å². The first-order valence-corrected chi connectivity index (χ1v) is 13.5. The summed E-state index contributed by atoms with van der Waals surface area (Å²) >= 11 is 0. The monoisotopic (exact) mass is 530 g/mol. The lowest BCUT2D eigenvalue weighted by molar-refractivity contribution is -0.135. The van der Waals surface area contributed by atoms with E-state index in [1.54, 1.807) is 32.2 Å². The van der Waals surface area contributed by atoms with Gasteiger partial charge in [-0.25, -0.2) is 4.98 Å². The number of hydrogen-bond donors (Lipinski definition) is 3. The highest BCUT2D eigenvalue weighted by atomic mass is 16.2. The Kier molecular flexibility index (Phi) is 9.15. The van der Waals surface area contributed by atoms with Gasteiger partial charge in [0.25, 0.3) is 0 Å². The number of nitriles is 1. The molecule has 0 saturated heterocycles. The summed E-state index contributed by atoms with van der Waals surface area (Å²) in [6.07, 6.45) is 10.1. The maximum atomic E-state index is 12.8. The summed E-state index contributed by atoms with van der Waals surface area (Å²) in [4.78, 5) is 37.8. The third-order valence-corrected chi connectivity index (χ3v) is 7.18. The normalized spacial score (nSPS) is 19.2. The lowest BCUT2D eigenvalue weighted by Crippen LogP contribution is -2.52. The number of carbonyl (C=O) groups is 2. The van der Waals surface area contributed by atoms with E-state index in [0.29, 0.717) is 30.0 Å². The Balaban J connectivity index is 1.28. The number of amides is 2. The van der Waals surface area contributed by atoms with Gasteiger partial charge in [-0.15, -0.1) is 0 Å². The van der Waals surface area contributed by atoms with E-state index in [1.807, 2.05) is 37.3 Å². The second-order valence-electron chi connectivity index (χ2n) is 10.8. The van der Waals surface area contributed by atoms with Gasteiger partial charge in [-0.05, 0) is 83.3 Å². The first kappa shape index (κ1) is 28.0. The zero-order chi connectivity index (χ0) is 27.9. The van der Waals surface area contributed by atoms with Crippen molar-refractivity contribution in [3.05, 3.63) is 53.7 Å². The molecule has 0 bridgehead atoms. The molecule has 0 aliphatic heterocycles. The minimum atomic E-state index is -0.542. The van der Waals surface area contributed by atoms with Crippen LogP contribution in [0.5, 0.6) is 0 Å². The summed E-state index contributed by atoms with van der Waals surface area (Å²) in [6.45, 7) is 2.42. The quantitative estimate of drug-likeness (QED) is 0.358. The third-order valence-electron chi connectivity index (χ3n) is 7.18. The van der Waals surface area contributed by atoms with Gasteiger partial charge in [0, 0.05) is 49.2 Å². The van der Waals surface area contributed by atoms with Crippen molar-refractivity contribution < 1.29 is 9.59 Å². The molecule has 2 aliphatic carbocycles. The summed E-state index contributed by atoms with van der Waals surface area (Å²) in [5, 5.41) is 18.8. The number of hydrogen-bond acceptors (Lipinski definition) is 8. The highest BCUT2D eigenvalue weighted by Crippen LogP contribution is 2.34. The topological polar surface area (TPSA) is 126 Å². The van der Waals surface area contributed by atoms with Crippen molar-refractivity contribution in [1.82, 2.24) is 25.1 Å². The predicted molar refractivity (Wildman–Crippen MR) is 151 cm³/mol. The van der Waals surface area contributed by atoms with E-state index in [0.717, 1.165) is 49.2 Å². The summed E-state index contributed by atoms with van der Waals surface area (Å²) in [7, 11) is 5.53. The van der Waals surface area contributed by atoms with E-state index in [2.05, 4.69) is 27.0 Å². The highest BCUT2D eigenvalue weighted by Gasteiger charge is 2.33. The van der Waals surface area contributed by atoms with E-state index >= 15 is 0 Å². The van der Waals surface area contributed by atoms with Crippen molar-refractivity contribution in [2.75, 3.05) is 38.3 Å². The van der Waals surface area contributed by atoms with Gasteiger partial charge in [-0.1, -0.05) is 6.08 Å². The summed E-state index contributed by atoms with van der Waals surface area (Å²) in [5.74, 6) is 1.48. The van der Waals surface area contributed by atoms with Crippen LogP contribution < -0.4 is 16.0 Å². The molecule has 1 atom stereocenters. The van der Waals surface area contributed by atoms with Crippen molar-refractivity contribution in [2.24, 2.45) is 5.92 Å². The first-order chi connectivity index (χ1) is 18.7. The van der Waals surface area contributed by atoms with Gasteiger partial charge in [0.05, 0.1) is 11.6 Å². The Hall–Kier alpha value is -3.97. The molecule has 1 aromatic heterocycles. The molecule has 0 spiro atoms. The standard InChI is InChI=1S/C29H38N8O2/c1-19(37(4)26(38)6-5-13-36(2)3)28(39)33-25-15-21(16-25)14-22-18-31-29(35-27(22)32-23-11-12-23)34-24-9-7-20(17-30)8-10-24/h5-10,18-19,21,23,25H,11-16H2,1-4H3,(H,33,39)(H2,31,32,34,35)/b6-5+/t19-,21?,25?/m0/s1. The average molecular weight is 531 g/mol. The number of benzene rings is 1. The fourth-order valence-corrected chi connectivity index (χ4v) is 4.42. The molecule has 10 heteroatoms. The summed E-state index contributed by atoms with van der Waals surface area (Å²) in [5.41, 5.74) is 2.50. The van der Waals surface area contributed by atoms with Crippen molar-refractivity contribution in [3.8, 4) is 6.07 Å². The molecule has 1 heterocycles. The predicted octanol–water partition coefficient (Wildman–Crippen LogP) is 3.07. The smallest absolute Gasteiger partial charge is 0.246 e. The number of likely N-dealkylation sites (N-methyl/N-ethyl adjacent to an activating group) is 2. The molecule has 0 radical (unpaired) electrons. The number of anilines is 3. The molecule has 39 heavy (non-hydrogen) atoms. The molecule has 2 fully saturated rings. The number of nitrogens with one attached hydrogen (secondary N) is 3. The number of rotatable bonds is 12. The van der Waals surface area contributed by atoms with Crippen LogP contribution in [0.3, 0.4) is 0 Å². The molecule has 2 aromatic rings. The molecule has 10 nitrogen and oxygen atoms in total. The fraction of sp³-hybridized carbons (Fsp3) is 0.483. The molecule has 3 N–H and O–H groups in total. The summed E-state index contributed by atoms with van der Waals surface area (Å²) in [6, 6.07) is 9.32. The van der Waals surface area contributed by atoms with Gasteiger partial charge >= 0.3 is 0 Å². The van der Waals surface area contributed by atoms with Gasteiger partial charge in [0.15, 0.2) is 0 Å². The van der Waals surface area contributed by atoms with E-state index in [9.17, 15) is 9.59 Å². The van der Waals surface area contributed by atoms with Crippen LogP contribution in [0.25, 0.3) is 0 Å². The Morgan fingerprint density at radius 3 is 2.51 bits per heavy atom. The minimum Gasteiger partial charge on any atom is -0.367 e. The Labute approximate surface area is 230 Å². The van der Waals surface area contributed by atoms with E-state index in [4.69, 9.17) is 10.2 Å². The van der Waals surface area contributed by atoms with Crippen LogP contribution in [0.15, 0.2) is 42.6 Å². The maximum Gasteiger partial charge on any atom is 0.246 e. The maximum absolute atomic E-state index is 12.8. The molecule has 1 aromatic carbocycles. The molecule has 2 amide bonds. The molecule has 2 aliphatic rings. The zero-order valence-corrected chi connectivity index (χ0v) is 23.1. The van der Waals surface area contributed by atoms with Crippen LogP contribution in [0.4, 0.5) is 17.5 Å². The Bertz CT molecular complexity index is 1230. The highest BCUT2D eigenvalue weighted by molar-refractivity contribution is 5.92. The third kappa shape index (κ3) is 8.01. The van der Waals surface area contributed by atoms with Crippen LogP contribution in [0, 0.1) is 17.2 Å². The molecule has 2 saturated carbocycles. The SMILES string of the molecule is C[C@@H](C(=O)NC1CC(Cc2cnc(Nc3ccc(C#N)cc3)nc2NC2CC2)C1)N(C)C(=O)/C=C/CN(C)C. The summed E-state index contributed by atoms with van der Waals surface area (Å²) < 4.78 is 0. The molecule has 4 rings (SSSR count). The fourth-order valence-electron chi connectivity index (χ4n) is 4.42. The number of aromatic nitrogens is 2. The van der Waals surface area contributed by atoms with Gasteiger partial charge in [-0.2, -0.15) is 10.2 Å². The second kappa shape index (κ2) is 12.7. The second-order valence-corrected chi connectivity index (χ2v) is 10.8. The lowest BCUT2D eigenvalue weighted by Gasteiger charge is -2.37. The van der Waals surface area contributed by atoms with Gasteiger partial charge in [0.2, 0.25) is 17.8 Å². The largest absolute Gasteiger partial charge is 0.367 e.